The zero-order chi connectivity index (χ0) is 15.5. The van der Waals surface area contributed by atoms with Crippen molar-refractivity contribution >= 4 is 0 Å². The van der Waals surface area contributed by atoms with Crippen molar-refractivity contribution in [2.24, 2.45) is 17.8 Å². The van der Waals surface area contributed by atoms with Gasteiger partial charge in [0.1, 0.15) is 0 Å². The van der Waals surface area contributed by atoms with Crippen LogP contribution in [-0.2, 0) is 0 Å². The second kappa shape index (κ2) is 7.68. The van der Waals surface area contributed by atoms with Gasteiger partial charge in [-0.15, -0.1) is 0 Å². The minimum atomic E-state index is 0.224. The normalized spacial score (nSPS) is 33.0. The Bertz CT molecular complexity index is 477. The molecular weight excluding hydrogens is 379 g/mol. The number of hydrogen-bond acceptors (Lipinski definition) is 0. The van der Waals surface area contributed by atoms with E-state index in [1.54, 1.807) is 9.13 Å². The predicted octanol–water partition coefficient (Wildman–Crippen LogP) is 2.98. The fraction of sp³-hybridized carbons (Fsp3) is 0.714. The Kier molecular flexibility index (Phi) is 5.86. The standard InChI is InChI=1S/C21H32I/c1-15-4-7-17(8-5-15)18-10-12-19(13-11-18)20-9-6-16(2)21(14-20)22-3/h6,9,14-15,17-19H,4-5,7-8,10-13H2,1-3H3/q-1. The van der Waals surface area contributed by atoms with Gasteiger partial charge in [-0.2, -0.15) is 0 Å². The monoisotopic (exact) mass is 411 g/mol. The maximum absolute atomic E-state index is 2.55. The molecule has 124 valence electrons. The van der Waals surface area contributed by atoms with Crippen LogP contribution in [0, 0.1) is 28.2 Å². The Morgan fingerprint density at radius 3 is 2.05 bits per heavy atom. The first kappa shape index (κ1) is 16.8. The summed E-state index contributed by atoms with van der Waals surface area (Å²) in [6, 6.07) is 7.35. The van der Waals surface area contributed by atoms with Crippen molar-refractivity contribution in [3.63, 3.8) is 0 Å². The maximum atomic E-state index is 2.55. The van der Waals surface area contributed by atoms with E-state index in [-0.39, 0.29) is 21.2 Å². The molecule has 0 radical (unpaired) electrons. The van der Waals surface area contributed by atoms with Gasteiger partial charge < -0.3 is 0 Å². The molecule has 0 saturated heterocycles. The molecule has 1 aromatic carbocycles. The minimum absolute atomic E-state index is 0.224. The zero-order valence-corrected chi connectivity index (χ0v) is 16.7. The Labute approximate surface area is 147 Å². The fourth-order valence-corrected chi connectivity index (χ4v) is 6.45. The van der Waals surface area contributed by atoms with Gasteiger partial charge in [-0.1, -0.05) is 0 Å². The second-order valence-electron chi connectivity index (χ2n) is 7.83. The van der Waals surface area contributed by atoms with Gasteiger partial charge in [0.2, 0.25) is 0 Å². The van der Waals surface area contributed by atoms with Crippen LogP contribution in [0.1, 0.15) is 75.3 Å². The quantitative estimate of drug-likeness (QED) is 0.530. The summed E-state index contributed by atoms with van der Waals surface area (Å²) in [7, 11) is 0. The third-order valence-corrected chi connectivity index (χ3v) is 8.69. The van der Waals surface area contributed by atoms with Crippen LogP contribution in [0.2, 0.25) is 0 Å². The summed E-state index contributed by atoms with van der Waals surface area (Å²) >= 11 is 0.224. The first-order chi connectivity index (χ1) is 10.7. The molecule has 1 aromatic rings. The van der Waals surface area contributed by atoms with Crippen LogP contribution in [0.25, 0.3) is 0 Å². The van der Waals surface area contributed by atoms with Crippen LogP contribution in [0.4, 0.5) is 0 Å². The van der Waals surface area contributed by atoms with Gasteiger partial charge in [-0.3, -0.25) is 0 Å². The van der Waals surface area contributed by atoms with Crippen molar-refractivity contribution in [3.8, 4) is 0 Å². The third kappa shape index (κ3) is 3.88. The van der Waals surface area contributed by atoms with Crippen molar-refractivity contribution in [1.29, 1.82) is 0 Å². The van der Waals surface area contributed by atoms with E-state index in [0.717, 1.165) is 23.7 Å². The number of aryl methyl sites for hydroxylation is 1. The van der Waals surface area contributed by atoms with E-state index in [2.05, 4.69) is 37.0 Å². The van der Waals surface area contributed by atoms with Gasteiger partial charge in [0, 0.05) is 0 Å². The van der Waals surface area contributed by atoms with Gasteiger partial charge in [-0.25, -0.2) is 0 Å². The molecule has 0 nitrogen and oxygen atoms in total. The molecule has 2 aliphatic rings. The molecular formula is C21H32I-. The first-order valence-electron chi connectivity index (χ1n) is 9.27. The number of halogens is 1. The number of rotatable bonds is 3. The molecule has 2 saturated carbocycles. The molecule has 0 spiro atoms. The Hall–Kier alpha value is -0.0500. The summed E-state index contributed by atoms with van der Waals surface area (Å²) < 4.78 is 1.67. The van der Waals surface area contributed by atoms with E-state index in [0.29, 0.717) is 0 Å². The van der Waals surface area contributed by atoms with E-state index in [1.165, 1.54) is 56.9 Å². The average molecular weight is 411 g/mol. The molecule has 0 unspecified atom stereocenters. The van der Waals surface area contributed by atoms with Crippen LogP contribution in [0.15, 0.2) is 18.2 Å². The predicted molar refractivity (Wildman–Crippen MR) is 91.6 cm³/mol. The van der Waals surface area contributed by atoms with Gasteiger partial charge in [-0.05, 0) is 0 Å². The SMILES string of the molecule is C[I-]c1cc(C2CCC(C3CCC(C)CC3)CC2)ccc1C. The van der Waals surface area contributed by atoms with E-state index in [9.17, 15) is 0 Å². The Morgan fingerprint density at radius 1 is 0.864 bits per heavy atom. The second-order valence-corrected chi connectivity index (χ2v) is 10.1. The summed E-state index contributed by atoms with van der Waals surface area (Å²) in [5, 5.41) is 0. The summed E-state index contributed by atoms with van der Waals surface area (Å²) in [5.41, 5.74) is 3.17. The molecule has 1 heteroatoms. The van der Waals surface area contributed by atoms with Crippen molar-refractivity contribution in [3.05, 3.63) is 32.9 Å². The van der Waals surface area contributed by atoms with E-state index in [1.807, 2.05) is 0 Å². The van der Waals surface area contributed by atoms with Gasteiger partial charge >= 0.3 is 148 Å². The van der Waals surface area contributed by atoms with Crippen LogP contribution < -0.4 is 21.2 Å². The van der Waals surface area contributed by atoms with E-state index >= 15 is 0 Å². The molecule has 0 aromatic heterocycles. The average Bonchev–Trinajstić information content (AvgIpc) is 2.56. The van der Waals surface area contributed by atoms with Crippen molar-refractivity contribution in [2.45, 2.75) is 71.1 Å². The molecule has 3 rings (SSSR count). The van der Waals surface area contributed by atoms with Crippen LogP contribution in [0.5, 0.6) is 0 Å². The fourth-order valence-electron chi connectivity index (χ4n) is 4.75. The topological polar surface area (TPSA) is 0 Å². The summed E-state index contributed by atoms with van der Waals surface area (Å²) in [4.78, 5) is 2.39. The molecule has 2 fully saturated rings. The zero-order valence-electron chi connectivity index (χ0n) is 14.6. The van der Waals surface area contributed by atoms with Gasteiger partial charge in [0.05, 0.1) is 0 Å². The van der Waals surface area contributed by atoms with E-state index < -0.39 is 0 Å². The Balaban J connectivity index is 1.57. The van der Waals surface area contributed by atoms with Gasteiger partial charge in [0.25, 0.3) is 0 Å². The number of hydrogen-bond donors (Lipinski definition) is 0. The third-order valence-electron chi connectivity index (χ3n) is 6.37. The summed E-state index contributed by atoms with van der Waals surface area (Å²) in [6.45, 7) is 4.72. The van der Waals surface area contributed by atoms with Crippen molar-refractivity contribution in [2.75, 3.05) is 4.93 Å². The number of alkyl halides is 1. The molecule has 2 aliphatic carbocycles. The van der Waals surface area contributed by atoms with Crippen LogP contribution in [-0.4, -0.2) is 4.93 Å². The molecule has 0 aliphatic heterocycles. The van der Waals surface area contributed by atoms with Crippen molar-refractivity contribution < 1.29 is 21.2 Å². The molecule has 22 heavy (non-hydrogen) atoms. The molecule has 0 heterocycles. The van der Waals surface area contributed by atoms with Crippen LogP contribution >= 0.6 is 0 Å². The van der Waals surface area contributed by atoms with Gasteiger partial charge in [0.15, 0.2) is 0 Å². The van der Waals surface area contributed by atoms with Crippen LogP contribution in [0.3, 0.4) is 0 Å². The van der Waals surface area contributed by atoms with E-state index in [4.69, 9.17) is 0 Å². The summed E-state index contributed by atoms with van der Waals surface area (Å²) in [5.74, 6) is 3.96. The first-order valence-corrected chi connectivity index (χ1v) is 12.5. The number of benzene rings is 1. The molecule has 0 N–H and O–H groups in total. The molecule has 0 atom stereocenters. The molecule has 0 bridgehead atoms. The Morgan fingerprint density at radius 2 is 1.45 bits per heavy atom. The summed E-state index contributed by atoms with van der Waals surface area (Å²) in [6.07, 6.45) is 11.9. The van der Waals surface area contributed by atoms with Crippen molar-refractivity contribution in [1.82, 2.24) is 0 Å². The molecule has 0 amide bonds.